The Morgan fingerprint density at radius 2 is 2.17 bits per heavy atom. The number of halogens is 1. The van der Waals surface area contributed by atoms with Gasteiger partial charge in [-0.25, -0.2) is 0 Å². The Hall–Kier alpha value is -0.990. The summed E-state index contributed by atoms with van der Waals surface area (Å²) < 4.78 is 2.23. The number of benzene rings is 1. The molecular weight excluding hydrogens is 244 g/mol. The van der Waals surface area contributed by atoms with Gasteiger partial charge in [-0.3, -0.25) is 0 Å². The molecule has 2 nitrogen and oxygen atoms in total. The third-order valence-electron chi connectivity index (χ3n) is 3.31. The van der Waals surface area contributed by atoms with Crippen LogP contribution in [0.3, 0.4) is 0 Å². The average Bonchev–Trinajstić information content (AvgIpc) is 2.74. The molecule has 0 radical (unpaired) electrons. The van der Waals surface area contributed by atoms with Crippen LogP contribution in [-0.2, 0) is 6.54 Å². The molecule has 18 heavy (non-hydrogen) atoms. The molecule has 98 valence electrons. The van der Waals surface area contributed by atoms with Crippen molar-refractivity contribution in [2.24, 2.45) is 0 Å². The highest BCUT2D eigenvalue weighted by atomic mass is 35.5. The van der Waals surface area contributed by atoms with Crippen molar-refractivity contribution in [2.45, 2.75) is 39.3 Å². The third-order valence-corrected chi connectivity index (χ3v) is 3.61. The van der Waals surface area contributed by atoms with Crippen molar-refractivity contribution >= 4 is 22.5 Å². The van der Waals surface area contributed by atoms with E-state index in [1.54, 1.807) is 0 Å². The Bertz CT molecular complexity index is 504. The van der Waals surface area contributed by atoms with Crippen LogP contribution in [0, 0.1) is 0 Å². The Morgan fingerprint density at radius 1 is 1.33 bits per heavy atom. The van der Waals surface area contributed by atoms with Gasteiger partial charge in [0.25, 0.3) is 0 Å². The molecule has 0 aliphatic heterocycles. The molecule has 0 amide bonds. The molecule has 0 saturated heterocycles. The van der Waals surface area contributed by atoms with E-state index in [1.807, 2.05) is 12.1 Å². The minimum Gasteiger partial charge on any atom is -0.345 e. The normalized spacial score (nSPS) is 13.1. The van der Waals surface area contributed by atoms with Gasteiger partial charge in [0, 0.05) is 30.7 Å². The van der Waals surface area contributed by atoms with Crippen molar-refractivity contribution in [2.75, 3.05) is 6.54 Å². The van der Waals surface area contributed by atoms with E-state index in [2.05, 4.69) is 42.1 Å². The second kappa shape index (κ2) is 6.26. The van der Waals surface area contributed by atoms with Crippen LogP contribution in [0.4, 0.5) is 0 Å². The van der Waals surface area contributed by atoms with Gasteiger partial charge in [-0.15, -0.1) is 0 Å². The Labute approximate surface area is 114 Å². The second-order valence-corrected chi connectivity index (χ2v) is 5.24. The fourth-order valence-electron chi connectivity index (χ4n) is 2.37. The third kappa shape index (κ3) is 3.06. The number of rotatable bonds is 6. The SMILES string of the molecule is CCCC(C)NCCn1ccc2cccc(Cl)c21. The van der Waals surface area contributed by atoms with Crippen LogP contribution in [0.15, 0.2) is 30.5 Å². The zero-order valence-electron chi connectivity index (χ0n) is 11.1. The van der Waals surface area contributed by atoms with Gasteiger partial charge in [-0.05, 0) is 25.5 Å². The first-order valence-corrected chi connectivity index (χ1v) is 7.07. The first kappa shape index (κ1) is 13.4. The summed E-state index contributed by atoms with van der Waals surface area (Å²) >= 11 is 6.25. The highest BCUT2D eigenvalue weighted by molar-refractivity contribution is 6.35. The summed E-state index contributed by atoms with van der Waals surface area (Å²) in [5.41, 5.74) is 1.14. The van der Waals surface area contributed by atoms with Crippen LogP contribution < -0.4 is 5.32 Å². The van der Waals surface area contributed by atoms with Gasteiger partial charge in [-0.1, -0.05) is 37.1 Å². The first-order valence-electron chi connectivity index (χ1n) is 6.69. The van der Waals surface area contributed by atoms with E-state index >= 15 is 0 Å². The monoisotopic (exact) mass is 264 g/mol. The number of hydrogen-bond acceptors (Lipinski definition) is 1. The van der Waals surface area contributed by atoms with E-state index < -0.39 is 0 Å². The highest BCUT2D eigenvalue weighted by Gasteiger charge is 2.05. The van der Waals surface area contributed by atoms with Gasteiger partial charge in [-0.2, -0.15) is 0 Å². The van der Waals surface area contributed by atoms with Gasteiger partial charge in [0.05, 0.1) is 10.5 Å². The van der Waals surface area contributed by atoms with Crippen LogP contribution in [0.1, 0.15) is 26.7 Å². The fourth-order valence-corrected chi connectivity index (χ4v) is 2.66. The van der Waals surface area contributed by atoms with E-state index in [-0.39, 0.29) is 0 Å². The number of nitrogens with zero attached hydrogens (tertiary/aromatic N) is 1. The maximum absolute atomic E-state index is 6.25. The molecule has 0 aliphatic rings. The van der Waals surface area contributed by atoms with Crippen molar-refractivity contribution < 1.29 is 0 Å². The molecular formula is C15H21ClN2. The Balaban J connectivity index is 2.00. The number of hydrogen-bond donors (Lipinski definition) is 1. The first-order chi connectivity index (χ1) is 8.72. The number of para-hydroxylation sites is 1. The number of nitrogens with one attached hydrogen (secondary N) is 1. The van der Waals surface area contributed by atoms with Crippen molar-refractivity contribution in [3.05, 3.63) is 35.5 Å². The molecule has 1 atom stereocenters. The summed E-state index contributed by atoms with van der Waals surface area (Å²) in [5.74, 6) is 0. The summed E-state index contributed by atoms with van der Waals surface area (Å²) in [5, 5.41) is 5.59. The molecule has 1 N–H and O–H groups in total. The van der Waals surface area contributed by atoms with E-state index in [4.69, 9.17) is 11.6 Å². The van der Waals surface area contributed by atoms with E-state index in [1.165, 1.54) is 18.2 Å². The van der Waals surface area contributed by atoms with Crippen molar-refractivity contribution in [3.8, 4) is 0 Å². The van der Waals surface area contributed by atoms with E-state index in [0.717, 1.165) is 23.6 Å². The standard InChI is InChI=1S/C15H21ClN2/c1-3-5-12(2)17-9-11-18-10-8-13-6-4-7-14(16)15(13)18/h4,6-8,10,12,17H,3,5,9,11H2,1-2H3. The van der Waals surface area contributed by atoms with Crippen molar-refractivity contribution in [3.63, 3.8) is 0 Å². The maximum Gasteiger partial charge on any atom is 0.0670 e. The van der Waals surface area contributed by atoms with Crippen molar-refractivity contribution in [1.29, 1.82) is 0 Å². The van der Waals surface area contributed by atoms with Gasteiger partial charge >= 0.3 is 0 Å². The molecule has 2 rings (SSSR count). The largest absolute Gasteiger partial charge is 0.345 e. The Kier molecular flexibility index (Phi) is 4.67. The Morgan fingerprint density at radius 3 is 2.94 bits per heavy atom. The van der Waals surface area contributed by atoms with Gasteiger partial charge < -0.3 is 9.88 Å². The summed E-state index contributed by atoms with van der Waals surface area (Å²) in [6, 6.07) is 8.76. The number of aromatic nitrogens is 1. The summed E-state index contributed by atoms with van der Waals surface area (Å²) in [4.78, 5) is 0. The predicted octanol–water partition coefficient (Wildman–Crippen LogP) is 4.07. The van der Waals surface area contributed by atoms with E-state index in [0.29, 0.717) is 6.04 Å². The topological polar surface area (TPSA) is 17.0 Å². The molecule has 0 fully saturated rings. The average molecular weight is 265 g/mol. The lowest BCUT2D eigenvalue weighted by Crippen LogP contribution is -2.29. The highest BCUT2D eigenvalue weighted by Crippen LogP contribution is 2.24. The molecule has 0 aliphatic carbocycles. The fraction of sp³-hybridized carbons (Fsp3) is 0.467. The molecule has 1 heterocycles. The molecule has 1 aromatic carbocycles. The number of fused-ring (bicyclic) bond motifs is 1. The predicted molar refractivity (Wildman–Crippen MR) is 79.3 cm³/mol. The zero-order valence-corrected chi connectivity index (χ0v) is 11.9. The van der Waals surface area contributed by atoms with E-state index in [9.17, 15) is 0 Å². The molecule has 0 bridgehead atoms. The second-order valence-electron chi connectivity index (χ2n) is 4.83. The lowest BCUT2D eigenvalue weighted by atomic mass is 10.2. The summed E-state index contributed by atoms with van der Waals surface area (Å²) in [6.07, 6.45) is 4.57. The van der Waals surface area contributed by atoms with Crippen molar-refractivity contribution in [1.82, 2.24) is 9.88 Å². The maximum atomic E-state index is 6.25. The summed E-state index contributed by atoms with van der Waals surface area (Å²) in [6.45, 7) is 6.40. The molecule has 0 spiro atoms. The van der Waals surface area contributed by atoms with Crippen LogP contribution >= 0.6 is 11.6 Å². The molecule has 3 heteroatoms. The van der Waals surface area contributed by atoms with Crippen LogP contribution in [0.25, 0.3) is 10.9 Å². The molecule has 2 aromatic rings. The summed E-state index contributed by atoms with van der Waals surface area (Å²) in [7, 11) is 0. The quantitative estimate of drug-likeness (QED) is 0.832. The van der Waals surface area contributed by atoms with Gasteiger partial charge in [0.2, 0.25) is 0 Å². The van der Waals surface area contributed by atoms with Crippen LogP contribution in [0.5, 0.6) is 0 Å². The van der Waals surface area contributed by atoms with Crippen LogP contribution in [0.2, 0.25) is 5.02 Å². The molecule has 1 aromatic heterocycles. The van der Waals surface area contributed by atoms with Gasteiger partial charge in [0.1, 0.15) is 0 Å². The smallest absolute Gasteiger partial charge is 0.0670 e. The molecule has 0 saturated carbocycles. The van der Waals surface area contributed by atoms with Crippen LogP contribution in [-0.4, -0.2) is 17.2 Å². The minimum absolute atomic E-state index is 0.590. The minimum atomic E-state index is 0.590. The lowest BCUT2D eigenvalue weighted by molar-refractivity contribution is 0.489. The molecule has 1 unspecified atom stereocenters. The zero-order chi connectivity index (χ0) is 13.0. The van der Waals surface area contributed by atoms with Gasteiger partial charge in [0.15, 0.2) is 0 Å². The lowest BCUT2D eigenvalue weighted by Gasteiger charge is -2.13.